The molecule has 2 aromatic heterocycles. The summed E-state index contributed by atoms with van der Waals surface area (Å²) in [5, 5.41) is 8.08. The third kappa shape index (κ3) is 5.03. The maximum absolute atomic E-state index is 11.9. The van der Waals surface area contributed by atoms with Crippen LogP contribution in [0.15, 0.2) is 59.9 Å². The molecule has 0 bridgehead atoms. The number of hydrogen-bond acceptors (Lipinski definition) is 9. The number of carbonyl (C=O) groups is 1. The zero-order valence-corrected chi connectivity index (χ0v) is 22.9. The minimum atomic E-state index is -0.441. The first-order chi connectivity index (χ1) is 19.5. The molecule has 10 nitrogen and oxygen atoms in total. The van der Waals surface area contributed by atoms with Gasteiger partial charge in [-0.05, 0) is 49.1 Å². The van der Waals surface area contributed by atoms with Crippen molar-refractivity contribution >= 4 is 29.4 Å². The molecule has 10 heteroatoms. The van der Waals surface area contributed by atoms with Crippen LogP contribution in [0.25, 0.3) is 28.1 Å². The van der Waals surface area contributed by atoms with Gasteiger partial charge in [0.15, 0.2) is 0 Å². The summed E-state index contributed by atoms with van der Waals surface area (Å²) in [4.78, 5) is 25.7. The fourth-order valence-electron chi connectivity index (χ4n) is 4.84. The molecule has 1 aliphatic carbocycles. The third-order valence-corrected chi connectivity index (χ3v) is 6.81. The van der Waals surface area contributed by atoms with Crippen molar-refractivity contribution in [2.24, 2.45) is 17.8 Å². The molecule has 0 amide bonds. The van der Waals surface area contributed by atoms with Gasteiger partial charge >= 0.3 is 5.97 Å². The zero-order chi connectivity index (χ0) is 28.2. The number of nitrogens with two attached hydrogens (primary N) is 1. The first kappa shape index (κ1) is 26.6. The Morgan fingerprint density at radius 1 is 1.15 bits per heavy atom. The van der Waals surface area contributed by atoms with Gasteiger partial charge in [0.2, 0.25) is 5.95 Å². The number of aryl methyl sites for hydroxylation is 3. The Hall–Kier alpha value is -4.99. The number of methoxy groups -OCH3 is 2. The lowest BCUT2D eigenvalue weighted by Gasteiger charge is -2.18. The normalized spacial score (nSPS) is 12.7. The van der Waals surface area contributed by atoms with E-state index in [2.05, 4.69) is 27.4 Å². The quantitative estimate of drug-likeness (QED) is 0.247. The Morgan fingerprint density at radius 2 is 1.93 bits per heavy atom. The van der Waals surface area contributed by atoms with Gasteiger partial charge < -0.3 is 20.5 Å². The smallest absolute Gasteiger partial charge is 0.337 e. The topological polar surface area (TPSA) is 130 Å². The maximum Gasteiger partial charge on any atom is 0.337 e. The van der Waals surface area contributed by atoms with Crippen LogP contribution >= 0.6 is 0 Å². The van der Waals surface area contributed by atoms with E-state index in [0.717, 1.165) is 57.8 Å². The molecule has 0 atom stereocenters. The van der Waals surface area contributed by atoms with E-state index < -0.39 is 5.97 Å². The Balaban J connectivity index is 1.51. The first-order valence-electron chi connectivity index (χ1n) is 12.9. The Kier molecular flexibility index (Phi) is 7.59. The maximum atomic E-state index is 11.9. The van der Waals surface area contributed by atoms with E-state index >= 15 is 0 Å². The van der Waals surface area contributed by atoms with Crippen LogP contribution in [-0.4, -0.2) is 52.7 Å². The minimum Gasteiger partial charge on any atom is -0.495 e. The van der Waals surface area contributed by atoms with Crippen molar-refractivity contribution in [1.82, 2.24) is 19.7 Å². The number of esters is 1. The van der Waals surface area contributed by atoms with Gasteiger partial charge in [0.25, 0.3) is 0 Å². The molecule has 0 saturated carbocycles. The number of ether oxygens (including phenoxy) is 2. The van der Waals surface area contributed by atoms with E-state index in [4.69, 9.17) is 25.3 Å². The number of rotatable bonds is 8. The number of hydrogen-bond donors (Lipinski definition) is 2. The molecule has 2 heterocycles. The van der Waals surface area contributed by atoms with Crippen LogP contribution in [0.2, 0.25) is 0 Å². The lowest BCUT2D eigenvalue weighted by Crippen LogP contribution is -2.09. The van der Waals surface area contributed by atoms with Crippen molar-refractivity contribution in [3.63, 3.8) is 0 Å². The van der Waals surface area contributed by atoms with E-state index in [0.29, 0.717) is 29.5 Å². The number of fused-ring (bicyclic) bond motifs is 3. The fraction of sp³-hybridized carbons (Fsp3) is 0.233. The Labute approximate surface area is 232 Å². The highest BCUT2D eigenvalue weighted by molar-refractivity contribution is 6.09. The Morgan fingerprint density at radius 3 is 2.62 bits per heavy atom. The summed E-state index contributed by atoms with van der Waals surface area (Å²) in [6.07, 6.45) is 6.83. The van der Waals surface area contributed by atoms with Crippen LogP contribution in [0.4, 0.5) is 11.6 Å². The second-order valence-corrected chi connectivity index (χ2v) is 9.22. The lowest BCUT2D eigenvalue weighted by molar-refractivity contribution is 0.0600. The van der Waals surface area contributed by atoms with Gasteiger partial charge in [-0.15, -0.1) is 0 Å². The highest BCUT2D eigenvalue weighted by Crippen LogP contribution is 2.40. The number of allylic oxidation sites excluding steroid dienone is 1. The van der Waals surface area contributed by atoms with Gasteiger partial charge in [0.1, 0.15) is 5.75 Å². The summed E-state index contributed by atoms with van der Waals surface area (Å²) < 4.78 is 12.2. The van der Waals surface area contributed by atoms with Crippen LogP contribution in [0.3, 0.4) is 0 Å². The second-order valence-electron chi connectivity index (χ2n) is 9.22. The molecule has 0 radical (unpaired) electrons. The molecule has 0 saturated heterocycles. The predicted octanol–water partition coefficient (Wildman–Crippen LogP) is 4.57. The van der Waals surface area contributed by atoms with Crippen LogP contribution in [-0.2, 0) is 24.6 Å². The highest BCUT2D eigenvalue weighted by Gasteiger charge is 2.27. The molecular weight excluding hydrogens is 506 g/mol. The van der Waals surface area contributed by atoms with Crippen molar-refractivity contribution in [2.45, 2.75) is 19.8 Å². The van der Waals surface area contributed by atoms with Gasteiger partial charge in [-0.1, -0.05) is 24.3 Å². The number of nitrogens with zero attached hydrogens (tertiary/aromatic N) is 5. The lowest BCUT2D eigenvalue weighted by atomic mass is 9.91. The number of aromatic nitrogens is 4. The summed E-state index contributed by atoms with van der Waals surface area (Å²) in [5.74, 6) is 0.444. The number of carbonyl (C=O) groups excluding carboxylic acids is 1. The monoisotopic (exact) mass is 537 g/mol. The molecule has 0 unspecified atom stereocenters. The predicted molar refractivity (Wildman–Crippen MR) is 156 cm³/mol. The molecule has 0 spiro atoms. The van der Waals surface area contributed by atoms with Crippen molar-refractivity contribution in [1.29, 1.82) is 0 Å². The standard InChI is InChI=1S/C30H31N7O3/c1-5-32-16-22(15-31)18-6-8-19(9-7-18)28-26-24(36-37(28)2)13-11-21-17-33-30(35-27(21)26)34-23-12-10-20(29(38)40-4)14-25(23)39-3/h6-10,12,14-17H,5,11,13,31H2,1-4H3,(H,33,34,35)/b22-15+,32-16?. The molecule has 3 N–H and O–H groups in total. The molecular formula is C30H31N7O3. The number of benzene rings is 2. The molecule has 4 aromatic rings. The van der Waals surface area contributed by atoms with Crippen molar-refractivity contribution in [2.75, 3.05) is 26.1 Å². The molecule has 40 heavy (non-hydrogen) atoms. The van der Waals surface area contributed by atoms with E-state index in [1.165, 1.54) is 14.2 Å². The summed E-state index contributed by atoms with van der Waals surface area (Å²) in [7, 11) is 4.83. The van der Waals surface area contributed by atoms with Gasteiger partial charge in [0, 0.05) is 48.9 Å². The third-order valence-electron chi connectivity index (χ3n) is 6.81. The van der Waals surface area contributed by atoms with Crippen LogP contribution in [0.1, 0.15) is 34.1 Å². The largest absolute Gasteiger partial charge is 0.495 e. The molecule has 2 aromatic carbocycles. The average Bonchev–Trinajstić information content (AvgIpc) is 3.33. The number of aliphatic imine (C=N–C) groups is 1. The minimum absolute atomic E-state index is 0.388. The SMILES string of the molecule is CCN=C/C(=C\N)c1ccc(-c2c3c(nn2C)CCc2cnc(Nc4ccc(C(=O)OC)cc4OC)nc2-3)cc1. The van der Waals surface area contributed by atoms with Crippen LogP contribution in [0, 0.1) is 0 Å². The van der Waals surface area contributed by atoms with E-state index in [-0.39, 0.29) is 0 Å². The average molecular weight is 538 g/mol. The summed E-state index contributed by atoms with van der Waals surface area (Å²) in [6, 6.07) is 13.2. The van der Waals surface area contributed by atoms with E-state index in [9.17, 15) is 4.79 Å². The van der Waals surface area contributed by atoms with Crippen molar-refractivity contribution < 1.29 is 14.3 Å². The van der Waals surface area contributed by atoms with Crippen molar-refractivity contribution in [3.05, 3.63) is 77.2 Å². The van der Waals surface area contributed by atoms with Gasteiger partial charge in [0.05, 0.1) is 42.6 Å². The van der Waals surface area contributed by atoms with Crippen LogP contribution in [0.5, 0.6) is 5.75 Å². The number of nitrogens with one attached hydrogen (secondary N) is 1. The van der Waals surface area contributed by atoms with Gasteiger partial charge in [-0.3, -0.25) is 9.67 Å². The second kappa shape index (κ2) is 11.4. The van der Waals surface area contributed by atoms with Crippen molar-refractivity contribution in [3.8, 4) is 28.3 Å². The molecule has 0 aliphatic heterocycles. The van der Waals surface area contributed by atoms with Crippen LogP contribution < -0.4 is 15.8 Å². The molecule has 204 valence electrons. The van der Waals surface area contributed by atoms with E-state index in [1.807, 2.05) is 37.0 Å². The molecule has 5 rings (SSSR count). The summed E-state index contributed by atoms with van der Waals surface area (Å²) in [5.41, 5.74) is 14.6. The first-order valence-corrected chi connectivity index (χ1v) is 12.9. The highest BCUT2D eigenvalue weighted by atomic mass is 16.5. The molecule has 0 fully saturated rings. The molecule has 1 aliphatic rings. The van der Waals surface area contributed by atoms with Gasteiger partial charge in [-0.2, -0.15) is 5.10 Å². The summed E-state index contributed by atoms with van der Waals surface area (Å²) in [6.45, 7) is 2.68. The fourth-order valence-corrected chi connectivity index (χ4v) is 4.84. The summed E-state index contributed by atoms with van der Waals surface area (Å²) >= 11 is 0. The zero-order valence-electron chi connectivity index (χ0n) is 22.9. The number of anilines is 2. The Bertz CT molecular complexity index is 1620. The van der Waals surface area contributed by atoms with E-state index in [1.54, 1.807) is 30.6 Å². The van der Waals surface area contributed by atoms with Gasteiger partial charge in [-0.25, -0.2) is 14.8 Å².